The topological polar surface area (TPSA) is 53.4 Å². The molecule has 1 N–H and O–H groups in total. The van der Waals surface area contributed by atoms with Crippen LogP contribution in [0.4, 0.5) is 0 Å². The van der Waals surface area contributed by atoms with Gasteiger partial charge in [0, 0.05) is 29.6 Å². The molecule has 3 aliphatic rings. The first kappa shape index (κ1) is 14.6. The van der Waals surface area contributed by atoms with Crippen LogP contribution in [0.1, 0.15) is 67.2 Å². The number of likely N-dealkylation sites (tertiary alicyclic amines) is 1. The maximum Gasteiger partial charge on any atom is 0.320 e. The average molecular weight is 320 g/mol. The van der Waals surface area contributed by atoms with Crippen LogP contribution in [0, 0.1) is 5.92 Å². The van der Waals surface area contributed by atoms with E-state index in [4.69, 9.17) is 0 Å². The molecule has 2 heterocycles. The Hall–Kier alpha value is -0.940. The molecule has 2 saturated carbocycles. The van der Waals surface area contributed by atoms with Crippen molar-refractivity contribution in [1.29, 1.82) is 0 Å². The summed E-state index contributed by atoms with van der Waals surface area (Å²) in [5.74, 6) is 0.627. The number of thiazole rings is 1. The third-order valence-corrected chi connectivity index (χ3v) is 7.02. The number of carboxylic acid groups (broad SMARTS) is 1. The molecular weight excluding hydrogens is 296 g/mol. The summed E-state index contributed by atoms with van der Waals surface area (Å²) in [6, 6.07) is 0.187. The quantitative estimate of drug-likeness (QED) is 0.920. The van der Waals surface area contributed by atoms with E-state index in [0.29, 0.717) is 17.9 Å². The number of carbonyl (C=O) groups is 1. The minimum Gasteiger partial charge on any atom is -0.480 e. The monoisotopic (exact) mass is 320 g/mol. The Morgan fingerprint density at radius 2 is 2.09 bits per heavy atom. The smallest absolute Gasteiger partial charge is 0.320 e. The van der Waals surface area contributed by atoms with Crippen LogP contribution in [-0.2, 0) is 11.3 Å². The van der Waals surface area contributed by atoms with Gasteiger partial charge in [0.2, 0.25) is 0 Å². The minimum absolute atomic E-state index is 0.289. The highest BCUT2D eigenvalue weighted by Gasteiger charge is 2.45. The molecule has 4 rings (SSSR count). The summed E-state index contributed by atoms with van der Waals surface area (Å²) in [5.41, 5.74) is 0. The fraction of sp³-hybridized carbons (Fsp3) is 0.765. The summed E-state index contributed by atoms with van der Waals surface area (Å²) in [4.78, 5) is 19.8. The van der Waals surface area contributed by atoms with Gasteiger partial charge >= 0.3 is 5.97 Å². The SMILES string of the molecule is O=C(O)C1CC2CCCCC2N1Cc1cnc(C2CCC2)s1. The van der Waals surface area contributed by atoms with Crippen molar-refractivity contribution < 1.29 is 9.90 Å². The molecular formula is C17H24N2O2S. The Morgan fingerprint density at radius 3 is 2.82 bits per heavy atom. The van der Waals surface area contributed by atoms with Crippen molar-refractivity contribution in [2.45, 2.75) is 75.9 Å². The van der Waals surface area contributed by atoms with Crippen molar-refractivity contribution in [1.82, 2.24) is 9.88 Å². The molecule has 0 radical (unpaired) electrons. The third kappa shape index (κ3) is 2.58. The molecule has 0 bridgehead atoms. The number of aromatic nitrogens is 1. The lowest BCUT2D eigenvalue weighted by molar-refractivity contribution is -0.142. The molecule has 5 heteroatoms. The zero-order valence-corrected chi connectivity index (χ0v) is 13.7. The Morgan fingerprint density at radius 1 is 1.27 bits per heavy atom. The van der Waals surface area contributed by atoms with Crippen LogP contribution in [0.5, 0.6) is 0 Å². The van der Waals surface area contributed by atoms with Gasteiger partial charge in [-0.3, -0.25) is 9.69 Å². The van der Waals surface area contributed by atoms with E-state index in [9.17, 15) is 9.90 Å². The molecule has 1 saturated heterocycles. The number of fused-ring (bicyclic) bond motifs is 1. The molecule has 0 amide bonds. The van der Waals surface area contributed by atoms with Crippen LogP contribution >= 0.6 is 11.3 Å². The van der Waals surface area contributed by atoms with Gasteiger partial charge in [-0.15, -0.1) is 11.3 Å². The summed E-state index contributed by atoms with van der Waals surface area (Å²) < 4.78 is 0. The summed E-state index contributed by atoms with van der Waals surface area (Å²) >= 11 is 1.81. The van der Waals surface area contributed by atoms with Gasteiger partial charge in [-0.05, 0) is 38.0 Å². The standard InChI is InChI=1S/C17H24N2O2S/c20-17(21)15-8-12-4-1-2-7-14(12)19(15)10-13-9-18-16(22-13)11-5-3-6-11/h9,11-12,14-15H,1-8,10H2,(H,20,21). The van der Waals surface area contributed by atoms with E-state index in [1.807, 2.05) is 17.5 Å². The predicted molar refractivity (Wildman–Crippen MR) is 86.0 cm³/mol. The van der Waals surface area contributed by atoms with Crippen molar-refractivity contribution in [3.05, 3.63) is 16.1 Å². The van der Waals surface area contributed by atoms with Gasteiger partial charge in [0.25, 0.3) is 0 Å². The Balaban J connectivity index is 1.51. The summed E-state index contributed by atoms with van der Waals surface area (Å²) in [7, 11) is 0. The number of aliphatic carboxylic acids is 1. The van der Waals surface area contributed by atoms with Crippen LogP contribution in [0.3, 0.4) is 0 Å². The molecule has 1 aromatic heterocycles. The molecule has 3 atom stereocenters. The maximum atomic E-state index is 11.7. The second-order valence-corrected chi connectivity index (χ2v) is 8.31. The van der Waals surface area contributed by atoms with E-state index in [1.54, 1.807) is 0 Å². The summed E-state index contributed by atoms with van der Waals surface area (Å²) in [5, 5.41) is 10.9. The largest absolute Gasteiger partial charge is 0.480 e. The zero-order valence-electron chi connectivity index (χ0n) is 12.9. The average Bonchev–Trinajstić information content (AvgIpc) is 3.03. The van der Waals surface area contributed by atoms with Crippen molar-refractivity contribution in [2.24, 2.45) is 5.92 Å². The number of hydrogen-bond donors (Lipinski definition) is 1. The van der Waals surface area contributed by atoms with E-state index in [0.717, 1.165) is 13.0 Å². The lowest BCUT2D eigenvalue weighted by Crippen LogP contribution is -2.41. The third-order valence-electron chi connectivity index (χ3n) is 5.87. The summed E-state index contributed by atoms with van der Waals surface area (Å²) in [6.45, 7) is 0.780. The molecule has 3 fully saturated rings. The van der Waals surface area contributed by atoms with Gasteiger partial charge in [-0.2, -0.15) is 0 Å². The molecule has 120 valence electrons. The number of rotatable bonds is 4. The van der Waals surface area contributed by atoms with E-state index in [-0.39, 0.29) is 6.04 Å². The first-order valence-corrected chi connectivity index (χ1v) is 9.47. The number of nitrogens with zero attached hydrogens (tertiary/aromatic N) is 2. The van der Waals surface area contributed by atoms with Crippen molar-refractivity contribution in [3.8, 4) is 0 Å². The number of carboxylic acids is 1. The molecule has 0 aromatic carbocycles. The number of hydrogen-bond acceptors (Lipinski definition) is 4. The molecule has 2 aliphatic carbocycles. The van der Waals surface area contributed by atoms with Crippen LogP contribution < -0.4 is 0 Å². The van der Waals surface area contributed by atoms with Gasteiger partial charge < -0.3 is 5.11 Å². The van der Waals surface area contributed by atoms with Gasteiger partial charge in [-0.1, -0.05) is 19.3 Å². The first-order valence-electron chi connectivity index (χ1n) is 8.65. The highest BCUT2D eigenvalue weighted by atomic mass is 32.1. The lowest BCUT2D eigenvalue weighted by Gasteiger charge is -2.32. The Kier molecular flexibility index (Phi) is 3.95. The highest BCUT2D eigenvalue weighted by Crippen LogP contribution is 2.42. The zero-order chi connectivity index (χ0) is 15.1. The maximum absolute atomic E-state index is 11.7. The Labute approximate surface area is 135 Å². The van der Waals surface area contributed by atoms with E-state index >= 15 is 0 Å². The summed E-state index contributed by atoms with van der Waals surface area (Å²) in [6.07, 6.45) is 11.6. The van der Waals surface area contributed by atoms with Gasteiger partial charge in [0.15, 0.2) is 0 Å². The fourth-order valence-electron chi connectivity index (χ4n) is 4.44. The van der Waals surface area contributed by atoms with E-state index in [2.05, 4.69) is 9.88 Å². The van der Waals surface area contributed by atoms with Crippen LogP contribution in [0.25, 0.3) is 0 Å². The van der Waals surface area contributed by atoms with E-state index < -0.39 is 5.97 Å². The second kappa shape index (κ2) is 5.93. The fourth-order valence-corrected chi connectivity index (χ4v) is 5.54. The van der Waals surface area contributed by atoms with Gasteiger partial charge in [-0.25, -0.2) is 4.98 Å². The van der Waals surface area contributed by atoms with Crippen LogP contribution in [0.15, 0.2) is 6.20 Å². The predicted octanol–water partition coefficient (Wildman–Crippen LogP) is 3.63. The Bertz CT molecular complexity index is 555. The van der Waals surface area contributed by atoms with Crippen LogP contribution in [-0.4, -0.2) is 33.0 Å². The lowest BCUT2D eigenvalue weighted by atomic mass is 9.85. The normalized spacial score (nSPS) is 32.6. The molecule has 3 unspecified atom stereocenters. The van der Waals surface area contributed by atoms with Crippen molar-refractivity contribution >= 4 is 17.3 Å². The second-order valence-electron chi connectivity index (χ2n) is 7.17. The van der Waals surface area contributed by atoms with Crippen LogP contribution in [0.2, 0.25) is 0 Å². The molecule has 22 heavy (non-hydrogen) atoms. The first-order chi connectivity index (χ1) is 10.7. The van der Waals surface area contributed by atoms with Crippen molar-refractivity contribution in [3.63, 3.8) is 0 Å². The van der Waals surface area contributed by atoms with Gasteiger partial charge in [0.05, 0.1) is 5.01 Å². The van der Waals surface area contributed by atoms with E-state index in [1.165, 1.54) is 54.8 Å². The molecule has 0 spiro atoms. The minimum atomic E-state index is -0.641. The molecule has 1 aromatic rings. The van der Waals surface area contributed by atoms with Gasteiger partial charge in [0.1, 0.15) is 6.04 Å². The molecule has 4 nitrogen and oxygen atoms in total. The van der Waals surface area contributed by atoms with Crippen molar-refractivity contribution in [2.75, 3.05) is 0 Å². The molecule has 1 aliphatic heterocycles. The highest BCUT2D eigenvalue weighted by molar-refractivity contribution is 7.11.